The monoisotopic (exact) mass is 502 g/mol. The minimum atomic E-state index is -5.08. The van der Waals surface area contributed by atoms with E-state index in [0.29, 0.717) is 6.42 Å². The summed E-state index contributed by atoms with van der Waals surface area (Å²) in [4.78, 5) is 28.4. The maximum Gasteiger partial charge on any atom is 0.490 e. The Morgan fingerprint density at radius 3 is 2.28 bits per heavy atom. The summed E-state index contributed by atoms with van der Waals surface area (Å²) in [5.41, 5.74) is 6.57. The topological polar surface area (TPSA) is 87.5 Å². The van der Waals surface area contributed by atoms with Crippen LogP contribution >= 0.6 is 0 Å². The van der Waals surface area contributed by atoms with E-state index in [1.807, 2.05) is 44.7 Å². The number of hydrogen-bond acceptors (Lipinski definition) is 4. The maximum absolute atomic E-state index is 12.7. The number of carbonyl (C=O) groups is 2. The largest absolute Gasteiger partial charge is 0.490 e. The Balaban J connectivity index is 0.000000454. The van der Waals surface area contributed by atoms with Crippen molar-refractivity contribution in [3.63, 3.8) is 0 Å². The van der Waals surface area contributed by atoms with Gasteiger partial charge in [0.1, 0.15) is 0 Å². The Morgan fingerprint density at radius 2 is 1.72 bits per heavy atom. The number of aliphatic carboxylic acids is 1. The van der Waals surface area contributed by atoms with Crippen LogP contribution in [-0.4, -0.2) is 46.8 Å². The maximum atomic E-state index is 12.7. The summed E-state index contributed by atoms with van der Waals surface area (Å²) in [6, 6.07) is 16.6. The van der Waals surface area contributed by atoms with Crippen LogP contribution in [0.15, 0.2) is 54.9 Å². The van der Waals surface area contributed by atoms with Crippen molar-refractivity contribution in [2.75, 3.05) is 19.0 Å². The van der Waals surface area contributed by atoms with E-state index in [1.54, 1.807) is 0 Å². The number of rotatable bonds is 5. The Morgan fingerprint density at radius 1 is 1.11 bits per heavy atom. The predicted octanol–water partition coefficient (Wildman–Crippen LogP) is 4.75. The lowest BCUT2D eigenvalue weighted by Crippen LogP contribution is -2.33. The summed E-state index contributed by atoms with van der Waals surface area (Å²) in [5, 5.41) is 10.4. The van der Waals surface area contributed by atoms with Crippen molar-refractivity contribution in [2.45, 2.75) is 44.9 Å². The van der Waals surface area contributed by atoms with Crippen LogP contribution in [0.25, 0.3) is 11.3 Å². The molecule has 36 heavy (non-hydrogen) atoms. The molecule has 0 aliphatic carbocycles. The van der Waals surface area contributed by atoms with Crippen LogP contribution in [-0.2, 0) is 22.6 Å². The number of hydrogen-bond donors (Lipinski definition) is 2. The molecule has 0 fully saturated rings. The molecule has 192 valence electrons. The van der Waals surface area contributed by atoms with Gasteiger partial charge in [0.15, 0.2) is 0 Å². The van der Waals surface area contributed by atoms with Crippen molar-refractivity contribution >= 4 is 17.6 Å². The molecular weight excluding hydrogens is 473 g/mol. The van der Waals surface area contributed by atoms with E-state index in [9.17, 15) is 18.0 Å². The number of anilines is 1. The minimum absolute atomic E-state index is 0.00674. The zero-order valence-electron chi connectivity index (χ0n) is 20.3. The molecule has 2 N–H and O–H groups in total. The first-order valence-electron chi connectivity index (χ1n) is 11.4. The molecular formula is C26H29F3N4O3. The normalized spacial score (nSPS) is 14.8. The van der Waals surface area contributed by atoms with Crippen LogP contribution in [0.4, 0.5) is 18.9 Å². The summed E-state index contributed by atoms with van der Waals surface area (Å²) < 4.78 is 33.9. The van der Waals surface area contributed by atoms with Crippen LogP contribution in [0.3, 0.4) is 0 Å². The molecule has 7 nitrogen and oxygen atoms in total. The quantitative estimate of drug-likeness (QED) is 0.526. The van der Waals surface area contributed by atoms with E-state index in [-0.39, 0.29) is 11.9 Å². The number of alkyl halides is 3. The molecule has 1 atom stereocenters. The van der Waals surface area contributed by atoms with E-state index in [4.69, 9.17) is 14.9 Å². The number of imidazole rings is 1. The number of aromatic nitrogens is 2. The highest BCUT2D eigenvalue weighted by Gasteiger charge is 2.38. The third-order valence-corrected chi connectivity index (χ3v) is 5.82. The molecule has 0 saturated heterocycles. The van der Waals surface area contributed by atoms with E-state index < -0.39 is 12.1 Å². The average Bonchev–Trinajstić information content (AvgIpc) is 3.26. The Labute approximate surface area is 207 Å². The highest BCUT2D eigenvalue weighted by atomic mass is 19.4. The van der Waals surface area contributed by atoms with Crippen LogP contribution in [0, 0.1) is 6.92 Å². The van der Waals surface area contributed by atoms with Gasteiger partial charge in [-0.15, -0.1) is 0 Å². The number of nitrogens with one attached hydrogen (secondary N) is 1. The first-order valence-corrected chi connectivity index (χ1v) is 11.4. The lowest BCUT2D eigenvalue weighted by Gasteiger charge is -2.26. The standard InChI is InChI=1S/C24H28N4O.C2HF3O2/c1-17-6-8-18(9-7-17)15-22(29)26-21-5-4-14-28-16-25-23(24(21)28)19-10-12-20(13-11-19)27(2)3;3-2(4,5)1(6)7/h6-13,16,21H,4-5,14-15H2,1-3H3,(H,26,29);(H,6,7). The smallest absolute Gasteiger partial charge is 0.475 e. The molecule has 1 aromatic heterocycles. The second-order valence-corrected chi connectivity index (χ2v) is 8.84. The van der Waals surface area contributed by atoms with Crippen molar-refractivity contribution in [1.82, 2.24) is 14.9 Å². The van der Waals surface area contributed by atoms with Crippen LogP contribution < -0.4 is 10.2 Å². The van der Waals surface area contributed by atoms with Gasteiger partial charge in [-0.05, 0) is 37.5 Å². The summed E-state index contributed by atoms with van der Waals surface area (Å²) in [6.07, 6.45) is -0.799. The number of benzene rings is 2. The highest BCUT2D eigenvalue weighted by Crippen LogP contribution is 2.34. The van der Waals surface area contributed by atoms with Gasteiger partial charge in [-0.2, -0.15) is 13.2 Å². The van der Waals surface area contributed by atoms with E-state index in [2.05, 4.69) is 46.0 Å². The number of carboxylic acids is 1. The molecule has 0 saturated carbocycles. The fourth-order valence-electron chi connectivity index (χ4n) is 3.95. The number of aryl methyl sites for hydroxylation is 2. The van der Waals surface area contributed by atoms with E-state index >= 15 is 0 Å². The van der Waals surface area contributed by atoms with Crippen molar-refractivity contribution in [3.05, 3.63) is 71.7 Å². The molecule has 2 heterocycles. The molecule has 2 aromatic carbocycles. The fourth-order valence-corrected chi connectivity index (χ4v) is 3.95. The number of fused-ring (bicyclic) bond motifs is 1. The van der Waals surface area contributed by atoms with Gasteiger partial charge in [-0.25, -0.2) is 9.78 Å². The second-order valence-electron chi connectivity index (χ2n) is 8.84. The number of carboxylic acid groups (broad SMARTS) is 1. The Hall–Kier alpha value is -3.82. The zero-order chi connectivity index (χ0) is 26.5. The first kappa shape index (κ1) is 26.8. The molecule has 4 rings (SSSR count). The van der Waals surface area contributed by atoms with Crippen LogP contribution in [0.1, 0.15) is 35.7 Å². The SMILES string of the molecule is Cc1ccc(CC(=O)NC2CCCn3cnc(-c4ccc(N(C)C)cc4)c32)cc1.O=C(O)C(F)(F)F. The van der Waals surface area contributed by atoms with Gasteiger partial charge < -0.3 is 19.9 Å². The molecule has 1 aliphatic rings. The van der Waals surface area contributed by atoms with Gasteiger partial charge >= 0.3 is 12.1 Å². The van der Waals surface area contributed by atoms with Gasteiger partial charge in [0.05, 0.1) is 30.2 Å². The molecule has 1 aliphatic heterocycles. The third-order valence-electron chi connectivity index (χ3n) is 5.82. The van der Waals surface area contributed by atoms with Crippen molar-refractivity contribution < 1.29 is 27.9 Å². The number of carbonyl (C=O) groups excluding carboxylic acids is 1. The summed E-state index contributed by atoms with van der Waals surface area (Å²) in [5.74, 6) is -2.70. The molecule has 3 aromatic rings. The lowest BCUT2D eigenvalue weighted by atomic mass is 9.98. The number of amides is 1. The van der Waals surface area contributed by atoms with E-state index in [1.165, 1.54) is 5.56 Å². The molecule has 1 unspecified atom stereocenters. The van der Waals surface area contributed by atoms with Crippen molar-refractivity contribution in [2.24, 2.45) is 0 Å². The minimum Gasteiger partial charge on any atom is -0.475 e. The van der Waals surface area contributed by atoms with Crippen LogP contribution in [0.2, 0.25) is 0 Å². The highest BCUT2D eigenvalue weighted by molar-refractivity contribution is 5.79. The average molecular weight is 503 g/mol. The number of nitrogens with zero attached hydrogens (tertiary/aromatic N) is 3. The van der Waals surface area contributed by atoms with Gasteiger partial charge in [0, 0.05) is 31.9 Å². The molecule has 1 amide bonds. The zero-order valence-corrected chi connectivity index (χ0v) is 20.3. The predicted molar refractivity (Wildman–Crippen MR) is 131 cm³/mol. The van der Waals surface area contributed by atoms with Crippen molar-refractivity contribution in [1.29, 1.82) is 0 Å². The summed E-state index contributed by atoms with van der Waals surface area (Å²) in [7, 11) is 4.07. The van der Waals surface area contributed by atoms with Gasteiger partial charge in [0.25, 0.3) is 0 Å². The molecule has 0 bridgehead atoms. The fraction of sp³-hybridized carbons (Fsp3) is 0.346. The molecule has 10 heteroatoms. The number of halogens is 3. The summed E-state index contributed by atoms with van der Waals surface area (Å²) >= 11 is 0. The summed E-state index contributed by atoms with van der Waals surface area (Å²) in [6.45, 7) is 3.00. The second kappa shape index (κ2) is 11.3. The first-order chi connectivity index (χ1) is 17.0. The Kier molecular flexibility index (Phi) is 8.39. The lowest BCUT2D eigenvalue weighted by molar-refractivity contribution is -0.192. The van der Waals surface area contributed by atoms with Gasteiger partial charge in [0.2, 0.25) is 5.91 Å². The molecule has 0 radical (unpaired) electrons. The third kappa shape index (κ3) is 6.87. The van der Waals surface area contributed by atoms with Crippen LogP contribution in [0.5, 0.6) is 0 Å². The van der Waals surface area contributed by atoms with Gasteiger partial charge in [-0.1, -0.05) is 42.0 Å². The molecule has 0 spiro atoms. The van der Waals surface area contributed by atoms with Gasteiger partial charge in [-0.3, -0.25) is 4.79 Å². The van der Waals surface area contributed by atoms with Crippen molar-refractivity contribution in [3.8, 4) is 11.3 Å². The van der Waals surface area contributed by atoms with E-state index in [0.717, 1.165) is 47.6 Å². The Bertz CT molecular complexity index is 1190.